The molecule has 0 unspecified atom stereocenters. The van der Waals surface area contributed by atoms with Gasteiger partial charge >= 0.3 is 5.97 Å². The number of rotatable bonds is 8. The van der Waals surface area contributed by atoms with Crippen molar-refractivity contribution in [3.63, 3.8) is 0 Å². The Morgan fingerprint density at radius 3 is 2.67 bits per heavy atom. The molecular weight excluding hydrogens is 264 g/mol. The number of benzene rings is 1. The summed E-state index contributed by atoms with van der Waals surface area (Å²) in [7, 11) is 0. The van der Waals surface area contributed by atoms with E-state index in [0.717, 1.165) is 42.7 Å². The third kappa shape index (κ3) is 3.63. The molecule has 0 radical (unpaired) electrons. The second kappa shape index (κ2) is 7.25. The van der Waals surface area contributed by atoms with Crippen LogP contribution in [-0.4, -0.2) is 20.6 Å². The molecule has 0 amide bonds. The zero-order chi connectivity index (χ0) is 15.2. The van der Waals surface area contributed by atoms with E-state index in [1.54, 1.807) is 12.1 Å². The number of carboxylic acid groups (broad SMARTS) is 1. The van der Waals surface area contributed by atoms with Gasteiger partial charge < -0.3 is 9.67 Å². The van der Waals surface area contributed by atoms with Gasteiger partial charge in [0.25, 0.3) is 0 Å². The minimum atomic E-state index is -0.897. The van der Waals surface area contributed by atoms with Gasteiger partial charge in [-0.25, -0.2) is 9.78 Å². The molecule has 1 N–H and O–H groups in total. The summed E-state index contributed by atoms with van der Waals surface area (Å²) in [5.74, 6) is 0.179. The van der Waals surface area contributed by atoms with Crippen molar-refractivity contribution in [1.82, 2.24) is 9.55 Å². The van der Waals surface area contributed by atoms with Crippen LogP contribution in [0.2, 0.25) is 0 Å². The number of hydrogen-bond acceptors (Lipinski definition) is 2. The Hall–Kier alpha value is -1.84. The highest BCUT2D eigenvalue weighted by Crippen LogP contribution is 2.20. The highest BCUT2D eigenvalue weighted by atomic mass is 16.4. The molecule has 0 atom stereocenters. The first-order valence-corrected chi connectivity index (χ1v) is 7.89. The van der Waals surface area contributed by atoms with Gasteiger partial charge in [0, 0.05) is 13.0 Å². The van der Waals surface area contributed by atoms with Gasteiger partial charge in [-0.05, 0) is 31.0 Å². The average molecular weight is 288 g/mol. The third-order valence-electron chi connectivity index (χ3n) is 3.78. The Bertz CT molecular complexity index is 617. The monoisotopic (exact) mass is 288 g/mol. The van der Waals surface area contributed by atoms with E-state index in [1.807, 2.05) is 6.07 Å². The number of fused-ring (bicyclic) bond motifs is 1. The minimum Gasteiger partial charge on any atom is -0.478 e. The number of carbonyl (C=O) groups is 1. The van der Waals surface area contributed by atoms with Gasteiger partial charge in [-0.1, -0.05) is 33.1 Å². The molecule has 0 fully saturated rings. The van der Waals surface area contributed by atoms with Crippen LogP contribution in [0.3, 0.4) is 0 Å². The van der Waals surface area contributed by atoms with Gasteiger partial charge in [-0.15, -0.1) is 0 Å². The number of nitrogens with zero attached hydrogens (tertiary/aromatic N) is 2. The molecule has 1 aromatic carbocycles. The van der Waals surface area contributed by atoms with Crippen molar-refractivity contribution in [3.8, 4) is 0 Å². The lowest BCUT2D eigenvalue weighted by Gasteiger charge is -2.08. The van der Waals surface area contributed by atoms with Crippen molar-refractivity contribution in [3.05, 3.63) is 29.6 Å². The van der Waals surface area contributed by atoms with E-state index in [1.165, 1.54) is 19.3 Å². The topological polar surface area (TPSA) is 55.1 Å². The number of imidazole rings is 1. The van der Waals surface area contributed by atoms with Gasteiger partial charge in [-0.3, -0.25) is 0 Å². The Morgan fingerprint density at radius 2 is 2.00 bits per heavy atom. The van der Waals surface area contributed by atoms with E-state index in [2.05, 4.69) is 23.4 Å². The Kier molecular flexibility index (Phi) is 5.37. The molecule has 114 valence electrons. The van der Waals surface area contributed by atoms with E-state index in [0.29, 0.717) is 5.56 Å². The van der Waals surface area contributed by atoms with Crippen molar-refractivity contribution in [2.45, 2.75) is 58.9 Å². The van der Waals surface area contributed by atoms with Crippen LogP contribution in [0.4, 0.5) is 0 Å². The second-order valence-electron chi connectivity index (χ2n) is 5.50. The number of aromatic carboxylic acids is 1. The zero-order valence-electron chi connectivity index (χ0n) is 12.9. The summed E-state index contributed by atoms with van der Waals surface area (Å²) in [5.41, 5.74) is 2.16. The molecular formula is C17H24N2O2. The van der Waals surface area contributed by atoms with Crippen LogP contribution in [0.15, 0.2) is 18.2 Å². The fourth-order valence-electron chi connectivity index (χ4n) is 2.67. The molecule has 0 saturated heterocycles. The molecule has 1 heterocycles. The molecule has 2 aromatic rings. The third-order valence-corrected chi connectivity index (χ3v) is 3.78. The fraction of sp³-hybridized carbons (Fsp3) is 0.529. The number of hydrogen-bond donors (Lipinski definition) is 1. The van der Waals surface area contributed by atoms with Crippen molar-refractivity contribution in [2.75, 3.05) is 0 Å². The molecule has 0 aliphatic rings. The summed E-state index contributed by atoms with van der Waals surface area (Å²) >= 11 is 0. The smallest absolute Gasteiger partial charge is 0.335 e. The van der Waals surface area contributed by atoms with Gasteiger partial charge in [0.2, 0.25) is 0 Å². The lowest BCUT2D eigenvalue weighted by molar-refractivity contribution is 0.0697. The highest BCUT2D eigenvalue weighted by Gasteiger charge is 2.12. The second-order valence-corrected chi connectivity index (χ2v) is 5.50. The molecule has 0 spiro atoms. The molecule has 0 aliphatic heterocycles. The average Bonchev–Trinajstić information content (AvgIpc) is 2.81. The predicted molar refractivity (Wildman–Crippen MR) is 84.8 cm³/mol. The van der Waals surface area contributed by atoms with Crippen LogP contribution in [-0.2, 0) is 13.0 Å². The quantitative estimate of drug-likeness (QED) is 0.738. The van der Waals surface area contributed by atoms with E-state index in [-0.39, 0.29) is 0 Å². The first-order valence-electron chi connectivity index (χ1n) is 7.89. The maximum Gasteiger partial charge on any atom is 0.335 e. The van der Waals surface area contributed by atoms with Gasteiger partial charge in [0.05, 0.1) is 16.6 Å². The van der Waals surface area contributed by atoms with Gasteiger partial charge in [0.15, 0.2) is 0 Å². The SMILES string of the molecule is CCCCCCn1c(CCC)nc2cc(C(=O)O)ccc21. The summed E-state index contributed by atoms with van der Waals surface area (Å²) in [4.78, 5) is 15.7. The molecule has 4 heteroatoms. The van der Waals surface area contributed by atoms with E-state index in [4.69, 9.17) is 5.11 Å². The minimum absolute atomic E-state index is 0.307. The molecule has 21 heavy (non-hydrogen) atoms. The summed E-state index contributed by atoms with van der Waals surface area (Å²) in [5, 5.41) is 9.09. The largest absolute Gasteiger partial charge is 0.478 e. The Morgan fingerprint density at radius 1 is 1.19 bits per heavy atom. The number of unbranched alkanes of at least 4 members (excludes halogenated alkanes) is 3. The standard InChI is InChI=1S/C17H24N2O2/c1-3-5-6-7-11-19-15-10-9-13(17(20)21)12-14(15)18-16(19)8-4-2/h9-10,12H,3-8,11H2,1-2H3,(H,20,21). The first-order chi connectivity index (χ1) is 10.2. The van der Waals surface area contributed by atoms with Gasteiger partial charge in [0.1, 0.15) is 5.82 Å². The van der Waals surface area contributed by atoms with Crippen LogP contribution < -0.4 is 0 Å². The van der Waals surface area contributed by atoms with E-state index < -0.39 is 5.97 Å². The van der Waals surface area contributed by atoms with E-state index in [9.17, 15) is 4.79 Å². The molecule has 0 aliphatic carbocycles. The molecule has 2 rings (SSSR count). The van der Waals surface area contributed by atoms with Crippen molar-refractivity contribution >= 4 is 17.0 Å². The summed E-state index contributed by atoms with van der Waals surface area (Å²) < 4.78 is 2.26. The number of carboxylic acids is 1. The molecule has 0 saturated carbocycles. The normalized spacial score (nSPS) is 11.1. The van der Waals surface area contributed by atoms with E-state index >= 15 is 0 Å². The van der Waals surface area contributed by atoms with Crippen molar-refractivity contribution in [1.29, 1.82) is 0 Å². The number of aryl methyl sites for hydroxylation is 2. The van der Waals surface area contributed by atoms with Crippen LogP contribution in [0.1, 0.15) is 62.1 Å². The predicted octanol–water partition coefficient (Wildman–Crippen LogP) is 4.27. The zero-order valence-corrected chi connectivity index (χ0v) is 12.9. The molecule has 1 aromatic heterocycles. The van der Waals surface area contributed by atoms with Crippen LogP contribution >= 0.6 is 0 Å². The maximum absolute atomic E-state index is 11.1. The lowest BCUT2D eigenvalue weighted by Crippen LogP contribution is -2.04. The maximum atomic E-state index is 11.1. The Labute approximate surface area is 125 Å². The van der Waals surface area contributed by atoms with Crippen molar-refractivity contribution in [2.24, 2.45) is 0 Å². The lowest BCUT2D eigenvalue weighted by atomic mass is 10.2. The summed E-state index contributed by atoms with van der Waals surface area (Å²) in [6.07, 6.45) is 6.86. The van der Waals surface area contributed by atoms with Gasteiger partial charge in [-0.2, -0.15) is 0 Å². The van der Waals surface area contributed by atoms with Crippen LogP contribution in [0.5, 0.6) is 0 Å². The fourth-order valence-corrected chi connectivity index (χ4v) is 2.67. The highest BCUT2D eigenvalue weighted by molar-refractivity contribution is 5.92. The Balaban J connectivity index is 2.31. The molecule has 4 nitrogen and oxygen atoms in total. The van der Waals surface area contributed by atoms with Crippen molar-refractivity contribution < 1.29 is 9.90 Å². The molecule has 0 bridgehead atoms. The number of aromatic nitrogens is 2. The van der Waals surface area contributed by atoms with Crippen LogP contribution in [0.25, 0.3) is 11.0 Å². The first kappa shape index (κ1) is 15.5. The summed E-state index contributed by atoms with van der Waals surface area (Å²) in [6.45, 7) is 5.32. The van der Waals surface area contributed by atoms with Crippen LogP contribution in [0, 0.1) is 0 Å². The summed E-state index contributed by atoms with van der Waals surface area (Å²) in [6, 6.07) is 5.24.